The first-order valence-electron chi connectivity index (χ1n) is 17.3. The van der Waals surface area contributed by atoms with Gasteiger partial charge >= 0.3 is 0 Å². The maximum atomic E-state index is 12.9. The van der Waals surface area contributed by atoms with Gasteiger partial charge in [0.05, 0.1) is 23.7 Å². The number of carbonyl (C=O) groups excluding carboxylic acids is 2. The number of rotatable bonds is 10. The molecule has 9 nitrogen and oxygen atoms in total. The van der Waals surface area contributed by atoms with Gasteiger partial charge in [-0.25, -0.2) is 4.99 Å². The summed E-state index contributed by atoms with van der Waals surface area (Å²) in [7, 11) is 3.47. The molecule has 1 aliphatic heterocycles. The van der Waals surface area contributed by atoms with E-state index in [0.29, 0.717) is 30.9 Å². The minimum atomic E-state index is -0.831. The van der Waals surface area contributed by atoms with Gasteiger partial charge in [-0.2, -0.15) is 5.26 Å². The van der Waals surface area contributed by atoms with Crippen LogP contribution in [0.5, 0.6) is 0 Å². The van der Waals surface area contributed by atoms with Gasteiger partial charge < -0.3 is 26.6 Å². The van der Waals surface area contributed by atoms with Crippen molar-refractivity contribution in [1.82, 2.24) is 20.9 Å². The van der Waals surface area contributed by atoms with Crippen LogP contribution in [0.4, 0.5) is 5.69 Å². The van der Waals surface area contributed by atoms with Crippen molar-refractivity contribution < 1.29 is 9.59 Å². The molecule has 0 saturated carbocycles. The number of nitriles is 1. The zero-order chi connectivity index (χ0) is 37.3. The molecule has 2 atom stereocenters. The second-order valence-corrected chi connectivity index (χ2v) is 12.6. The number of benzene rings is 2. The Morgan fingerprint density at radius 3 is 2.32 bits per heavy atom. The van der Waals surface area contributed by atoms with Crippen molar-refractivity contribution in [2.24, 2.45) is 10.7 Å². The van der Waals surface area contributed by atoms with Crippen LogP contribution in [0.15, 0.2) is 95.7 Å². The Kier molecular flexibility index (Phi) is 16.9. The van der Waals surface area contributed by atoms with E-state index in [-0.39, 0.29) is 24.4 Å². The largest absolute Gasteiger partial charge is 0.392 e. The third-order valence-electron chi connectivity index (χ3n) is 9.10. The van der Waals surface area contributed by atoms with Gasteiger partial charge in [-0.05, 0) is 120 Å². The molecule has 0 spiro atoms. The molecule has 9 heteroatoms. The van der Waals surface area contributed by atoms with Crippen molar-refractivity contribution in [3.05, 3.63) is 113 Å². The van der Waals surface area contributed by atoms with Crippen LogP contribution in [0.2, 0.25) is 0 Å². The first-order valence-corrected chi connectivity index (χ1v) is 17.3. The second-order valence-electron chi connectivity index (χ2n) is 12.6. The predicted molar refractivity (Wildman–Crippen MR) is 207 cm³/mol. The van der Waals surface area contributed by atoms with Crippen molar-refractivity contribution in [2.75, 3.05) is 33.7 Å². The number of carbonyl (C=O) groups is 2. The van der Waals surface area contributed by atoms with Gasteiger partial charge in [0.1, 0.15) is 11.9 Å². The van der Waals surface area contributed by atoms with Crippen molar-refractivity contribution in [3.8, 4) is 6.07 Å². The zero-order valence-electron chi connectivity index (χ0n) is 31.2. The number of nitrogens with zero attached hydrogens (tertiary/aromatic N) is 3. The van der Waals surface area contributed by atoms with Crippen LogP contribution in [0, 0.1) is 18.3 Å². The number of hydrogen-bond donors (Lipinski definition) is 4. The minimum Gasteiger partial charge on any atom is -0.392 e. The molecule has 2 unspecified atom stereocenters. The van der Waals surface area contributed by atoms with E-state index in [9.17, 15) is 14.9 Å². The van der Waals surface area contributed by atoms with Crippen LogP contribution in [-0.2, 0) is 16.6 Å². The zero-order valence-corrected chi connectivity index (χ0v) is 31.2. The molecule has 4 rings (SSSR count). The normalized spacial score (nSPS) is 18.4. The van der Waals surface area contributed by atoms with Gasteiger partial charge in [-0.1, -0.05) is 60.7 Å². The maximum Gasteiger partial charge on any atom is 0.251 e. The van der Waals surface area contributed by atoms with Gasteiger partial charge in [0.2, 0.25) is 5.91 Å². The number of fused-ring (bicyclic) bond motifs is 1. The SMILES string of the molecule is C/C=C\C.C=C(C)NC.C=CC1=C(C)CCc2cc(C(=O)NC)ccc2C1(CCNCC(=O)N1CCCC1C#N)C(N)=Nc1ccc(C)cc1. The highest BCUT2D eigenvalue weighted by Gasteiger charge is 2.43. The third kappa shape index (κ3) is 10.8. The number of likely N-dealkylation sites (tertiary alicyclic amines) is 1. The molecule has 50 heavy (non-hydrogen) atoms. The summed E-state index contributed by atoms with van der Waals surface area (Å²) in [4.78, 5) is 32.0. The summed E-state index contributed by atoms with van der Waals surface area (Å²) in [5.41, 5.74) is 13.8. The Bertz CT molecular complexity index is 1610. The average molecular weight is 680 g/mol. The summed E-state index contributed by atoms with van der Waals surface area (Å²) < 4.78 is 0. The van der Waals surface area contributed by atoms with E-state index < -0.39 is 5.41 Å². The lowest BCUT2D eigenvalue weighted by Crippen LogP contribution is -2.46. The van der Waals surface area contributed by atoms with Gasteiger partial charge in [0.25, 0.3) is 5.91 Å². The summed E-state index contributed by atoms with van der Waals surface area (Å²) in [5.74, 6) is 0.218. The second kappa shape index (κ2) is 20.5. The van der Waals surface area contributed by atoms with E-state index in [2.05, 4.69) is 42.1 Å². The molecule has 2 amide bonds. The fourth-order valence-corrected chi connectivity index (χ4v) is 6.12. The van der Waals surface area contributed by atoms with E-state index in [1.54, 1.807) is 11.9 Å². The van der Waals surface area contributed by atoms with Crippen molar-refractivity contribution in [1.29, 1.82) is 5.26 Å². The van der Waals surface area contributed by atoms with Gasteiger partial charge in [0.15, 0.2) is 0 Å². The molecule has 1 fully saturated rings. The molecule has 1 aliphatic carbocycles. The summed E-state index contributed by atoms with van der Waals surface area (Å²) in [5, 5.41) is 18.3. The molecule has 0 bridgehead atoms. The van der Waals surface area contributed by atoms with E-state index in [1.165, 1.54) is 0 Å². The van der Waals surface area contributed by atoms with Crippen molar-refractivity contribution >= 4 is 23.3 Å². The minimum absolute atomic E-state index is 0.0726. The number of amides is 2. The standard InChI is InChI=1S/C33H40N6O2.C4H9N.C4H8/c1-5-28-23(3)10-11-24-19-25(31(41)36-4)12-15-29(24)33(28,32(35)38-26-13-8-22(2)9-14-26)16-17-37-21-30(40)39-18-6-7-27(39)20-34;1-4(2)5-3;1-3-4-2/h5,8-9,12-15,19,27,37H,1,6-7,10-11,16-18,21H2,2-4H3,(H2,35,38)(H,36,41);5H,1H2,2-3H3;3-4H,1-2H3/b;;4-3-. The molecule has 0 radical (unpaired) electrons. The molecule has 0 aromatic heterocycles. The number of aryl methyl sites for hydroxylation is 2. The number of nitrogens with one attached hydrogen (secondary N) is 3. The van der Waals surface area contributed by atoms with E-state index in [0.717, 1.165) is 64.9 Å². The third-order valence-corrected chi connectivity index (χ3v) is 9.10. The number of allylic oxidation sites excluding steroid dienone is 5. The van der Waals surface area contributed by atoms with Crippen LogP contribution in [0.25, 0.3) is 0 Å². The molecular formula is C41H57N7O2. The summed E-state index contributed by atoms with van der Waals surface area (Å²) >= 11 is 0. The Hall–Kier alpha value is -4.94. The lowest BCUT2D eigenvalue weighted by molar-refractivity contribution is -0.130. The molecular weight excluding hydrogens is 622 g/mol. The topological polar surface area (TPSA) is 136 Å². The van der Waals surface area contributed by atoms with E-state index >= 15 is 0 Å². The Morgan fingerprint density at radius 1 is 1.10 bits per heavy atom. The number of aliphatic imine (C=N–C) groups is 1. The predicted octanol–water partition coefficient (Wildman–Crippen LogP) is 6.55. The monoisotopic (exact) mass is 679 g/mol. The molecule has 1 heterocycles. The lowest BCUT2D eigenvalue weighted by Gasteiger charge is -2.37. The van der Waals surface area contributed by atoms with Gasteiger partial charge in [-0.3, -0.25) is 9.59 Å². The lowest BCUT2D eigenvalue weighted by atomic mass is 9.68. The molecule has 2 aromatic rings. The molecule has 1 saturated heterocycles. The molecule has 2 aromatic carbocycles. The first-order chi connectivity index (χ1) is 23.9. The van der Waals surface area contributed by atoms with Crippen LogP contribution < -0.4 is 21.7 Å². The average Bonchev–Trinajstić information content (AvgIpc) is 3.57. The van der Waals surface area contributed by atoms with E-state index in [4.69, 9.17) is 10.7 Å². The summed E-state index contributed by atoms with van der Waals surface area (Å²) in [6.07, 6.45) is 9.51. The van der Waals surface area contributed by atoms with E-state index in [1.807, 2.05) is 95.4 Å². The fraction of sp³-hybridized carbons (Fsp3) is 0.415. The Balaban J connectivity index is 0.000000857. The van der Waals surface area contributed by atoms with Crippen LogP contribution in [0.1, 0.15) is 80.4 Å². The first kappa shape index (κ1) is 41.2. The highest BCUT2D eigenvalue weighted by atomic mass is 16.2. The van der Waals surface area contributed by atoms with Gasteiger partial charge in [-0.15, -0.1) is 0 Å². The highest BCUT2D eigenvalue weighted by molar-refractivity contribution is 5.99. The molecule has 2 aliphatic rings. The summed E-state index contributed by atoms with van der Waals surface area (Å²) in [6.45, 7) is 19.0. The van der Waals surface area contributed by atoms with Crippen molar-refractivity contribution in [3.63, 3.8) is 0 Å². The number of hydrogen-bond acceptors (Lipinski definition) is 6. The fourth-order valence-electron chi connectivity index (χ4n) is 6.12. The number of amidine groups is 1. The maximum absolute atomic E-state index is 12.9. The smallest absolute Gasteiger partial charge is 0.251 e. The number of nitrogens with two attached hydrogens (primary N) is 1. The highest BCUT2D eigenvalue weighted by Crippen LogP contribution is 2.44. The molecule has 5 N–H and O–H groups in total. The quantitative estimate of drug-likeness (QED) is 0.0974. The Labute approximate surface area is 300 Å². The Morgan fingerprint density at radius 2 is 1.76 bits per heavy atom. The van der Waals surface area contributed by atoms with Crippen molar-refractivity contribution in [2.45, 2.75) is 78.2 Å². The summed E-state index contributed by atoms with van der Waals surface area (Å²) in [6, 6.07) is 15.6. The van der Waals surface area contributed by atoms with Crippen LogP contribution in [-0.4, -0.2) is 62.3 Å². The van der Waals surface area contributed by atoms with Crippen LogP contribution in [0.3, 0.4) is 0 Å². The van der Waals surface area contributed by atoms with Crippen LogP contribution >= 0.6 is 0 Å². The van der Waals surface area contributed by atoms with Gasteiger partial charge in [0, 0.05) is 26.2 Å². The molecule has 268 valence electrons.